The van der Waals surface area contributed by atoms with Gasteiger partial charge >= 0.3 is 6.03 Å². The molecular weight excluding hydrogens is 388 g/mol. The number of amides is 2. The van der Waals surface area contributed by atoms with Crippen molar-refractivity contribution in [3.63, 3.8) is 0 Å². The summed E-state index contributed by atoms with van der Waals surface area (Å²) in [5, 5.41) is 19.5. The van der Waals surface area contributed by atoms with E-state index in [0.717, 1.165) is 10.0 Å². The Hall–Kier alpha value is -2.61. The number of anilines is 1. The first-order valence-electron chi connectivity index (χ1n) is 7.75. The molecule has 2 rings (SSSR count). The number of nitro benzene ring substituents is 1. The minimum atomic E-state index is -0.443. The molecule has 132 valence electrons. The number of nitro groups is 1. The van der Waals surface area contributed by atoms with Crippen LogP contribution in [0.4, 0.5) is 16.2 Å². The zero-order valence-corrected chi connectivity index (χ0v) is 15.2. The molecule has 2 amide bonds. The van der Waals surface area contributed by atoms with Crippen molar-refractivity contribution in [2.45, 2.75) is 13.0 Å². The SMILES string of the molecule is CC(NC(=O)NCCNc1ccccc1[N+](=O)[O-])c1ccccc1Br. The summed E-state index contributed by atoms with van der Waals surface area (Å²) >= 11 is 3.46. The minimum absolute atomic E-state index is 0.00880. The molecule has 0 saturated carbocycles. The molecule has 0 heterocycles. The average Bonchev–Trinajstić information content (AvgIpc) is 2.59. The van der Waals surface area contributed by atoms with Crippen LogP contribution in [0, 0.1) is 10.1 Å². The number of rotatable bonds is 7. The van der Waals surface area contributed by atoms with Crippen LogP contribution in [0.1, 0.15) is 18.5 Å². The predicted octanol–water partition coefficient (Wildman–Crippen LogP) is 3.83. The number of nitrogens with one attached hydrogen (secondary N) is 3. The average molecular weight is 407 g/mol. The number of benzene rings is 2. The van der Waals surface area contributed by atoms with E-state index >= 15 is 0 Å². The molecule has 0 spiro atoms. The lowest BCUT2D eigenvalue weighted by Crippen LogP contribution is -2.39. The number of hydrogen-bond donors (Lipinski definition) is 3. The molecule has 0 radical (unpaired) electrons. The Kier molecular flexibility index (Phi) is 6.76. The van der Waals surface area contributed by atoms with E-state index in [1.807, 2.05) is 31.2 Å². The Morgan fingerprint density at radius 3 is 2.56 bits per heavy atom. The van der Waals surface area contributed by atoms with Crippen LogP contribution in [0.3, 0.4) is 0 Å². The fourth-order valence-electron chi connectivity index (χ4n) is 2.31. The zero-order valence-electron chi connectivity index (χ0n) is 13.7. The van der Waals surface area contributed by atoms with Gasteiger partial charge in [-0.25, -0.2) is 4.79 Å². The normalized spacial score (nSPS) is 11.4. The molecule has 0 aliphatic rings. The smallest absolute Gasteiger partial charge is 0.315 e. The fraction of sp³-hybridized carbons (Fsp3) is 0.235. The highest BCUT2D eigenvalue weighted by molar-refractivity contribution is 9.10. The molecule has 8 heteroatoms. The Balaban J connectivity index is 1.78. The lowest BCUT2D eigenvalue weighted by molar-refractivity contribution is -0.384. The number of para-hydroxylation sites is 2. The van der Waals surface area contributed by atoms with Gasteiger partial charge in [0.2, 0.25) is 0 Å². The number of halogens is 1. The van der Waals surface area contributed by atoms with Crippen molar-refractivity contribution in [3.05, 3.63) is 68.7 Å². The van der Waals surface area contributed by atoms with Gasteiger partial charge < -0.3 is 16.0 Å². The molecule has 2 aromatic carbocycles. The molecule has 1 atom stereocenters. The van der Waals surface area contributed by atoms with Crippen LogP contribution in [0.2, 0.25) is 0 Å². The molecule has 2 aromatic rings. The third kappa shape index (κ3) is 5.46. The van der Waals surface area contributed by atoms with Crippen LogP contribution in [0.25, 0.3) is 0 Å². The highest BCUT2D eigenvalue weighted by Crippen LogP contribution is 2.23. The third-order valence-corrected chi connectivity index (χ3v) is 4.27. The van der Waals surface area contributed by atoms with Gasteiger partial charge in [-0.2, -0.15) is 0 Å². The van der Waals surface area contributed by atoms with Crippen molar-refractivity contribution in [2.24, 2.45) is 0 Å². The van der Waals surface area contributed by atoms with Gasteiger partial charge in [-0.1, -0.05) is 46.3 Å². The summed E-state index contributed by atoms with van der Waals surface area (Å²) in [6, 6.07) is 13.6. The van der Waals surface area contributed by atoms with E-state index in [2.05, 4.69) is 31.9 Å². The molecule has 0 fully saturated rings. The van der Waals surface area contributed by atoms with Crippen LogP contribution in [-0.2, 0) is 0 Å². The van der Waals surface area contributed by atoms with Crippen LogP contribution in [-0.4, -0.2) is 24.0 Å². The first-order chi connectivity index (χ1) is 12.0. The molecule has 0 saturated heterocycles. The first-order valence-corrected chi connectivity index (χ1v) is 8.54. The van der Waals surface area contributed by atoms with Gasteiger partial charge in [0.1, 0.15) is 5.69 Å². The summed E-state index contributed by atoms with van der Waals surface area (Å²) in [4.78, 5) is 22.4. The van der Waals surface area contributed by atoms with E-state index in [0.29, 0.717) is 18.8 Å². The molecule has 3 N–H and O–H groups in total. The summed E-state index contributed by atoms with van der Waals surface area (Å²) in [6.45, 7) is 2.60. The zero-order chi connectivity index (χ0) is 18.2. The topological polar surface area (TPSA) is 96.3 Å². The first kappa shape index (κ1) is 18.7. The van der Waals surface area contributed by atoms with Gasteiger partial charge in [0.05, 0.1) is 11.0 Å². The van der Waals surface area contributed by atoms with Crippen molar-refractivity contribution in [1.82, 2.24) is 10.6 Å². The van der Waals surface area contributed by atoms with E-state index in [-0.39, 0.29) is 17.8 Å². The molecule has 0 aliphatic heterocycles. The summed E-state index contributed by atoms with van der Waals surface area (Å²) in [7, 11) is 0. The number of urea groups is 1. The molecule has 0 bridgehead atoms. The van der Waals surface area contributed by atoms with Crippen LogP contribution in [0.5, 0.6) is 0 Å². The molecular formula is C17H19BrN4O3. The summed E-state index contributed by atoms with van der Waals surface area (Å²) in [5.74, 6) is 0. The summed E-state index contributed by atoms with van der Waals surface area (Å²) in [5.41, 5.74) is 1.42. The van der Waals surface area contributed by atoms with E-state index < -0.39 is 4.92 Å². The Morgan fingerprint density at radius 2 is 1.84 bits per heavy atom. The second kappa shape index (κ2) is 9.03. The molecule has 7 nitrogen and oxygen atoms in total. The van der Waals surface area contributed by atoms with E-state index in [1.165, 1.54) is 6.07 Å². The van der Waals surface area contributed by atoms with E-state index in [9.17, 15) is 14.9 Å². The number of carbonyl (C=O) groups is 1. The minimum Gasteiger partial charge on any atom is -0.378 e. The van der Waals surface area contributed by atoms with E-state index in [1.54, 1.807) is 18.2 Å². The lowest BCUT2D eigenvalue weighted by atomic mass is 10.1. The van der Waals surface area contributed by atoms with E-state index in [4.69, 9.17) is 0 Å². The molecule has 0 aliphatic carbocycles. The highest BCUT2D eigenvalue weighted by Gasteiger charge is 2.13. The number of carbonyl (C=O) groups excluding carboxylic acids is 1. The van der Waals surface area contributed by atoms with Crippen LogP contribution < -0.4 is 16.0 Å². The number of nitrogens with zero attached hydrogens (tertiary/aromatic N) is 1. The van der Waals surface area contributed by atoms with Gasteiger partial charge in [0.15, 0.2) is 0 Å². The standard InChI is InChI=1S/C17H19BrN4O3/c1-12(13-6-2-3-7-14(13)18)21-17(23)20-11-10-19-15-8-4-5-9-16(15)22(24)25/h2-9,12,19H,10-11H2,1H3,(H2,20,21,23). The van der Waals surface area contributed by atoms with Crippen LogP contribution in [0.15, 0.2) is 53.0 Å². The maximum atomic E-state index is 12.0. The molecule has 0 aromatic heterocycles. The van der Waals surface area contributed by atoms with Crippen molar-refractivity contribution >= 4 is 33.3 Å². The Morgan fingerprint density at radius 1 is 1.16 bits per heavy atom. The number of hydrogen-bond acceptors (Lipinski definition) is 4. The van der Waals surface area contributed by atoms with Gasteiger partial charge in [-0.15, -0.1) is 0 Å². The van der Waals surface area contributed by atoms with Gasteiger partial charge in [0, 0.05) is 23.6 Å². The largest absolute Gasteiger partial charge is 0.378 e. The lowest BCUT2D eigenvalue weighted by Gasteiger charge is -2.16. The monoisotopic (exact) mass is 406 g/mol. The highest BCUT2D eigenvalue weighted by atomic mass is 79.9. The van der Waals surface area contributed by atoms with Crippen molar-refractivity contribution in [2.75, 3.05) is 18.4 Å². The molecule has 25 heavy (non-hydrogen) atoms. The quantitative estimate of drug-likeness (QED) is 0.369. The second-order valence-corrected chi connectivity index (χ2v) is 6.20. The maximum Gasteiger partial charge on any atom is 0.315 e. The maximum absolute atomic E-state index is 12.0. The Bertz CT molecular complexity index is 754. The van der Waals surface area contributed by atoms with Gasteiger partial charge in [0.25, 0.3) is 5.69 Å². The van der Waals surface area contributed by atoms with Gasteiger partial charge in [-0.3, -0.25) is 10.1 Å². The Labute approximate surface area is 154 Å². The predicted molar refractivity (Wildman–Crippen MR) is 101 cm³/mol. The molecule has 1 unspecified atom stereocenters. The fourth-order valence-corrected chi connectivity index (χ4v) is 2.94. The second-order valence-electron chi connectivity index (χ2n) is 5.34. The summed E-state index contributed by atoms with van der Waals surface area (Å²) < 4.78 is 0.931. The van der Waals surface area contributed by atoms with Crippen molar-refractivity contribution < 1.29 is 9.72 Å². The van der Waals surface area contributed by atoms with Crippen LogP contribution >= 0.6 is 15.9 Å². The van der Waals surface area contributed by atoms with Gasteiger partial charge in [-0.05, 0) is 24.6 Å². The summed E-state index contributed by atoms with van der Waals surface area (Å²) in [6.07, 6.45) is 0. The third-order valence-electron chi connectivity index (χ3n) is 3.55. The van der Waals surface area contributed by atoms with Crippen molar-refractivity contribution in [3.8, 4) is 0 Å². The van der Waals surface area contributed by atoms with Crippen molar-refractivity contribution in [1.29, 1.82) is 0 Å².